The molecule has 1 aromatic heterocycles. The van der Waals surface area contributed by atoms with Gasteiger partial charge in [0.25, 0.3) is 0 Å². The molecule has 0 spiro atoms. The lowest BCUT2D eigenvalue weighted by atomic mass is 10.0. The normalized spacial score (nSPS) is 15.8. The minimum Gasteiger partial charge on any atom is -0.495 e. The van der Waals surface area contributed by atoms with Crippen LogP contribution in [0.5, 0.6) is 11.5 Å². The molecule has 140 valence electrons. The molecule has 0 amide bonds. The second-order valence-electron chi connectivity index (χ2n) is 6.06. The molecule has 6 nitrogen and oxygen atoms in total. The molecule has 4 N–H and O–H groups in total. The number of aliphatic hydroxyl groups is 2. The maximum Gasteiger partial charge on any atom is 0.195 e. The third-order valence-electron chi connectivity index (χ3n) is 4.27. The fraction of sp³-hybridized carbons (Fsp3) is 0.368. The summed E-state index contributed by atoms with van der Waals surface area (Å²) < 4.78 is 11.5. The van der Waals surface area contributed by atoms with Gasteiger partial charge in [-0.1, -0.05) is 13.0 Å². The van der Waals surface area contributed by atoms with Crippen molar-refractivity contribution in [2.24, 2.45) is 0 Å². The topological polar surface area (TPSA) is 88.2 Å². The predicted octanol–water partition coefficient (Wildman–Crippen LogP) is 2.98. The van der Waals surface area contributed by atoms with Crippen molar-refractivity contribution in [1.29, 1.82) is 0 Å². The van der Waals surface area contributed by atoms with Crippen molar-refractivity contribution in [2.45, 2.75) is 19.4 Å². The van der Waals surface area contributed by atoms with E-state index in [1.807, 2.05) is 22.4 Å². The van der Waals surface area contributed by atoms with E-state index in [1.165, 1.54) is 11.3 Å². The first-order chi connectivity index (χ1) is 12.6. The average molecular weight is 376 g/mol. The van der Waals surface area contributed by atoms with E-state index in [2.05, 4.69) is 6.92 Å². The lowest BCUT2D eigenvalue weighted by Gasteiger charge is -2.29. The number of benzene rings is 1. The van der Waals surface area contributed by atoms with Crippen LogP contribution in [0, 0.1) is 0 Å². The summed E-state index contributed by atoms with van der Waals surface area (Å²) in [5, 5.41) is 21.8. The van der Waals surface area contributed by atoms with Gasteiger partial charge in [-0.05, 0) is 24.1 Å². The monoisotopic (exact) mass is 376 g/mol. The first-order valence-electron chi connectivity index (χ1n) is 8.57. The molecule has 2 heterocycles. The van der Waals surface area contributed by atoms with Gasteiger partial charge in [-0.2, -0.15) is 0 Å². The highest BCUT2D eigenvalue weighted by molar-refractivity contribution is 7.11. The molecule has 0 fully saturated rings. The molecule has 1 aromatic carbocycles. The van der Waals surface area contributed by atoms with Gasteiger partial charge in [0.1, 0.15) is 11.9 Å². The Bertz CT molecular complexity index is 797. The van der Waals surface area contributed by atoms with Crippen LogP contribution < -0.4 is 15.2 Å². The number of anilines is 1. The molecule has 0 radical (unpaired) electrons. The van der Waals surface area contributed by atoms with Crippen LogP contribution in [0.2, 0.25) is 0 Å². The Morgan fingerprint density at radius 3 is 2.85 bits per heavy atom. The van der Waals surface area contributed by atoms with Gasteiger partial charge in [0.2, 0.25) is 0 Å². The van der Waals surface area contributed by atoms with Crippen molar-refractivity contribution in [3.05, 3.63) is 40.4 Å². The van der Waals surface area contributed by atoms with E-state index >= 15 is 0 Å². The van der Waals surface area contributed by atoms with E-state index in [1.54, 1.807) is 19.3 Å². The molecular formula is C19H24N2O4S. The highest BCUT2D eigenvalue weighted by atomic mass is 32.1. The molecular weight excluding hydrogens is 352 g/mol. The zero-order valence-electron chi connectivity index (χ0n) is 14.9. The lowest BCUT2D eigenvalue weighted by Crippen LogP contribution is -2.31. The second kappa shape index (κ2) is 7.99. The number of hydrogen-bond acceptors (Lipinski definition) is 7. The molecule has 1 aliphatic heterocycles. The van der Waals surface area contributed by atoms with Crippen molar-refractivity contribution in [3.8, 4) is 22.6 Å². The first kappa shape index (κ1) is 18.6. The predicted molar refractivity (Wildman–Crippen MR) is 103 cm³/mol. The molecule has 0 saturated heterocycles. The van der Waals surface area contributed by atoms with Crippen molar-refractivity contribution >= 4 is 17.0 Å². The summed E-state index contributed by atoms with van der Waals surface area (Å²) >= 11 is 1.45. The van der Waals surface area contributed by atoms with E-state index in [9.17, 15) is 10.2 Å². The Balaban J connectivity index is 1.97. The Morgan fingerprint density at radius 2 is 2.15 bits per heavy atom. The van der Waals surface area contributed by atoms with Crippen LogP contribution in [0.25, 0.3) is 11.1 Å². The van der Waals surface area contributed by atoms with Crippen molar-refractivity contribution in [1.82, 2.24) is 4.90 Å². The fourth-order valence-electron chi connectivity index (χ4n) is 2.99. The minimum atomic E-state index is -0.735. The summed E-state index contributed by atoms with van der Waals surface area (Å²) in [7, 11) is 1.58. The van der Waals surface area contributed by atoms with Crippen LogP contribution in [-0.4, -0.2) is 41.9 Å². The van der Waals surface area contributed by atoms with Crippen LogP contribution in [0.3, 0.4) is 0 Å². The molecule has 1 aliphatic rings. The van der Waals surface area contributed by atoms with Crippen LogP contribution in [0.4, 0.5) is 5.69 Å². The second-order valence-corrected chi connectivity index (χ2v) is 6.97. The van der Waals surface area contributed by atoms with Gasteiger partial charge >= 0.3 is 0 Å². The summed E-state index contributed by atoms with van der Waals surface area (Å²) in [5.74, 6) is 1.82. The number of rotatable bonds is 7. The maximum absolute atomic E-state index is 10.5. The van der Waals surface area contributed by atoms with Crippen molar-refractivity contribution < 1.29 is 19.7 Å². The quantitative estimate of drug-likeness (QED) is 0.644. The summed E-state index contributed by atoms with van der Waals surface area (Å²) in [5.41, 5.74) is 8.27. The van der Waals surface area contributed by atoms with Gasteiger partial charge in [-0.3, -0.25) is 0 Å². The molecule has 1 atom stereocenters. The van der Waals surface area contributed by atoms with Crippen molar-refractivity contribution in [2.75, 3.05) is 32.5 Å². The van der Waals surface area contributed by atoms with Crippen LogP contribution in [-0.2, 0) is 0 Å². The van der Waals surface area contributed by atoms with Crippen molar-refractivity contribution in [3.63, 3.8) is 0 Å². The largest absolute Gasteiger partial charge is 0.495 e. The molecule has 2 aromatic rings. The number of methoxy groups -OCH3 is 1. The van der Waals surface area contributed by atoms with Crippen LogP contribution >= 0.6 is 11.3 Å². The maximum atomic E-state index is 10.5. The molecule has 0 saturated carbocycles. The Hall–Kier alpha value is -2.22. The number of nitrogens with two attached hydrogens (primary N) is 1. The van der Waals surface area contributed by atoms with Gasteiger partial charge < -0.3 is 30.3 Å². The van der Waals surface area contributed by atoms with Gasteiger partial charge in [-0.25, -0.2) is 0 Å². The first-order valence-corrected chi connectivity index (χ1v) is 9.45. The number of ether oxygens (including phenoxy) is 2. The van der Waals surface area contributed by atoms with E-state index in [0.717, 1.165) is 29.0 Å². The average Bonchev–Trinajstić information content (AvgIpc) is 3.06. The summed E-state index contributed by atoms with van der Waals surface area (Å²) in [6, 6.07) is 5.57. The number of hydrogen-bond donors (Lipinski definition) is 3. The molecule has 26 heavy (non-hydrogen) atoms. The number of aliphatic hydroxyl groups excluding tert-OH is 2. The van der Waals surface area contributed by atoms with E-state index in [0.29, 0.717) is 29.6 Å². The van der Waals surface area contributed by atoms with E-state index in [-0.39, 0.29) is 6.61 Å². The summed E-state index contributed by atoms with van der Waals surface area (Å²) in [4.78, 5) is 2.71. The number of nitrogen functional groups attached to an aromatic ring is 1. The Kier molecular flexibility index (Phi) is 5.70. The highest BCUT2D eigenvalue weighted by Gasteiger charge is 2.28. The number of thiophene rings is 1. The fourth-order valence-corrected chi connectivity index (χ4v) is 3.95. The lowest BCUT2D eigenvalue weighted by molar-refractivity contribution is 0.145. The van der Waals surface area contributed by atoms with Gasteiger partial charge in [0.05, 0.1) is 24.3 Å². The smallest absolute Gasteiger partial charge is 0.195 e. The number of fused-ring (bicyclic) bond motifs is 1. The number of nitrogens with zero attached hydrogens (tertiary/aromatic N) is 1. The molecule has 0 aliphatic carbocycles. The zero-order chi connectivity index (χ0) is 18.7. The van der Waals surface area contributed by atoms with E-state index in [4.69, 9.17) is 15.2 Å². The van der Waals surface area contributed by atoms with Crippen LogP contribution in [0.1, 0.15) is 24.3 Å². The molecule has 1 unspecified atom stereocenters. The Labute approximate surface area is 157 Å². The highest BCUT2D eigenvalue weighted by Crippen LogP contribution is 2.46. The van der Waals surface area contributed by atoms with Gasteiger partial charge in [0, 0.05) is 30.1 Å². The standard InChI is InChI=1S/C19H24N2O4S/c1-3-6-21(7-8-22)17-10-15(23)19-18(25-17)13(11-26-19)12-4-5-14(20)16(9-12)24-2/h4-5,9-11,15,22-23H,3,6-8,20H2,1-2H3. The zero-order valence-corrected chi connectivity index (χ0v) is 15.8. The van der Waals surface area contributed by atoms with Gasteiger partial charge in [0.15, 0.2) is 11.6 Å². The Morgan fingerprint density at radius 1 is 1.35 bits per heavy atom. The molecule has 3 rings (SSSR count). The summed E-state index contributed by atoms with van der Waals surface area (Å²) in [6.45, 7) is 3.28. The summed E-state index contributed by atoms with van der Waals surface area (Å²) in [6.07, 6.45) is 1.87. The minimum absolute atomic E-state index is 0.0231. The third-order valence-corrected chi connectivity index (χ3v) is 5.30. The van der Waals surface area contributed by atoms with Crippen LogP contribution in [0.15, 0.2) is 35.5 Å². The SMILES string of the molecule is CCCN(CCO)C1=CC(O)c2scc(-c3ccc(N)c(OC)c3)c2O1. The van der Waals surface area contributed by atoms with Gasteiger partial charge in [-0.15, -0.1) is 11.3 Å². The molecule has 0 bridgehead atoms. The third kappa shape index (κ3) is 3.51. The van der Waals surface area contributed by atoms with E-state index < -0.39 is 6.10 Å². The molecule has 7 heteroatoms.